The normalized spacial score (nSPS) is 12.7. The SMILES string of the molecule is C=C(/C=C(\C=N)c1ccc(-c2c3ccccc3c(-c3ccc4ccccc4c3)c3ccccc23)cc1)C(=C/C)/C(C)=C\N. The zero-order valence-corrected chi connectivity index (χ0v) is 24.6. The number of hydrogen-bond donors (Lipinski definition) is 2. The third-order valence-electron chi connectivity index (χ3n) is 8.27. The molecule has 0 aliphatic carbocycles. The van der Waals surface area contributed by atoms with Gasteiger partial charge in [-0.25, -0.2) is 0 Å². The van der Waals surface area contributed by atoms with Gasteiger partial charge < -0.3 is 11.1 Å². The second-order valence-corrected chi connectivity index (χ2v) is 10.8. The predicted octanol–water partition coefficient (Wildman–Crippen LogP) is 10.9. The van der Waals surface area contributed by atoms with Crippen molar-refractivity contribution in [2.24, 2.45) is 5.73 Å². The standard InChI is InChI=1S/C41H34N2/c1-4-35(28(3)25-42)27(2)23-34(26-43)30-17-20-31(21-18-30)40-36-13-7-9-15-38(36)41(39-16-10-8-14-37(39)40)33-22-19-29-11-5-6-12-32(29)24-33/h4-26,43H,2,42H2,1,3H3/b28-25-,34-23+,35-4-,43-26?. The van der Waals surface area contributed by atoms with Crippen LogP contribution in [0.4, 0.5) is 0 Å². The van der Waals surface area contributed by atoms with Crippen LogP contribution in [0, 0.1) is 5.41 Å². The summed E-state index contributed by atoms with van der Waals surface area (Å²) >= 11 is 0. The van der Waals surface area contributed by atoms with Crippen molar-refractivity contribution in [3.05, 3.63) is 162 Å². The van der Waals surface area contributed by atoms with E-state index in [-0.39, 0.29) is 0 Å². The molecule has 0 amide bonds. The molecule has 2 nitrogen and oxygen atoms in total. The molecule has 6 rings (SSSR count). The molecule has 0 fully saturated rings. The van der Waals surface area contributed by atoms with Gasteiger partial charge in [0.05, 0.1) is 0 Å². The van der Waals surface area contributed by atoms with Gasteiger partial charge >= 0.3 is 0 Å². The first kappa shape index (κ1) is 27.7. The van der Waals surface area contributed by atoms with Gasteiger partial charge in [0.15, 0.2) is 0 Å². The third kappa shape index (κ3) is 5.09. The van der Waals surface area contributed by atoms with Crippen molar-refractivity contribution < 1.29 is 0 Å². The van der Waals surface area contributed by atoms with Gasteiger partial charge in [-0.2, -0.15) is 0 Å². The zero-order valence-electron chi connectivity index (χ0n) is 24.6. The average molecular weight is 555 g/mol. The Balaban J connectivity index is 1.51. The van der Waals surface area contributed by atoms with Crippen LogP contribution >= 0.6 is 0 Å². The number of fused-ring (bicyclic) bond motifs is 3. The summed E-state index contributed by atoms with van der Waals surface area (Å²) in [5.41, 5.74) is 15.1. The van der Waals surface area contributed by atoms with Crippen molar-refractivity contribution >= 4 is 44.1 Å². The molecule has 0 aromatic heterocycles. The van der Waals surface area contributed by atoms with E-state index in [0.717, 1.165) is 33.4 Å². The molecule has 0 unspecified atom stereocenters. The molecule has 0 atom stereocenters. The van der Waals surface area contributed by atoms with Gasteiger partial charge in [0.1, 0.15) is 0 Å². The van der Waals surface area contributed by atoms with Gasteiger partial charge in [-0.3, -0.25) is 0 Å². The maximum Gasteiger partial charge on any atom is 0.0256 e. The van der Waals surface area contributed by atoms with Gasteiger partial charge in [-0.15, -0.1) is 0 Å². The van der Waals surface area contributed by atoms with Crippen LogP contribution in [-0.4, -0.2) is 6.21 Å². The molecule has 0 bridgehead atoms. The lowest BCUT2D eigenvalue weighted by atomic mass is 9.85. The second-order valence-electron chi connectivity index (χ2n) is 10.8. The zero-order chi connectivity index (χ0) is 29.9. The minimum atomic E-state index is 0.794. The van der Waals surface area contributed by atoms with Crippen LogP contribution < -0.4 is 5.73 Å². The number of rotatable bonds is 7. The number of allylic oxidation sites excluding steroid dienone is 6. The van der Waals surface area contributed by atoms with E-state index in [4.69, 9.17) is 11.1 Å². The van der Waals surface area contributed by atoms with E-state index in [1.807, 2.05) is 26.0 Å². The van der Waals surface area contributed by atoms with Crippen molar-refractivity contribution in [1.29, 1.82) is 5.41 Å². The summed E-state index contributed by atoms with van der Waals surface area (Å²) in [5.74, 6) is 0. The molecule has 0 radical (unpaired) electrons. The smallest absolute Gasteiger partial charge is 0.0256 e. The van der Waals surface area contributed by atoms with Crippen LogP contribution in [0.1, 0.15) is 19.4 Å². The van der Waals surface area contributed by atoms with Gasteiger partial charge in [-0.1, -0.05) is 122 Å². The average Bonchev–Trinajstić information content (AvgIpc) is 3.06. The van der Waals surface area contributed by atoms with Crippen molar-refractivity contribution in [2.45, 2.75) is 13.8 Å². The number of nitrogens with two attached hydrogens (primary N) is 1. The van der Waals surface area contributed by atoms with Gasteiger partial charge in [0, 0.05) is 6.21 Å². The highest BCUT2D eigenvalue weighted by atomic mass is 14.5. The molecule has 3 N–H and O–H groups in total. The predicted molar refractivity (Wildman–Crippen MR) is 187 cm³/mol. The molecule has 208 valence electrons. The van der Waals surface area contributed by atoms with E-state index in [9.17, 15) is 0 Å². The van der Waals surface area contributed by atoms with Crippen LogP contribution in [0.3, 0.4) is 0 Å². The molecule has 0 saturated carbocycles. The van der Waals surface area contributed by atoms with Crippen LogP contribution in [0.15, 0.2) is 157 Å². The van der Waals surface area contributed by atoms with E-state index in [0.29, 0.717) is 0 Å². The fraction of sp³-hybridized carbons (Fsp3) is 0.0488. The first-order chi connectivity index (χ1) is 21.0. The Morgan fingerprint density at radius 1 is 0.674 bits per heavy atom. The van der Waals surface area contributed by atoms with Crippen molar-refractivity contribution in [3.8, 4) is 22.3 Å². The van der Waals surface area contributed by atoms with E-state index < -0.39 is 0 Å². The van der Waals surface area contributed by atoms with Crippen molar-refractivity contribution in [2.75, 3.05) is 0 Å². The first-order valence-electron chi connectivity index (χ1n) is 14.5. The van der Waals surface area contributed by atoms with Crippen LogP contribution in [-0.2, 0) is 0 Å². The molecule has 0 heterocycles. The van der Waals surface area contributed by atoms with E-state index in [2.05, 4.69) is 122 Å². The Labute approximate surface area is 253 Å². The fourth-order valence-electron chi connectivity index (χ4n) is 6.15. The van der Waals surface area contributed by atoms with Crippen molar-refractivity contribution in [1.82, 2.24) is 0 Å². The summed E-state index contributed by atoms with van der Waals surface area (Å²) in [5, 5.41) is 15.5. The van der Waals surface area contributed by atoms with Gasteiger partial charge in [0.2, 0.25) is 0 Å². The summed E-state index contributed by atoms with van der Waals surface area (Å²) in [6.45, 7) is 8.18. The first-order valence-corrected chi connectivity index (χ1v) is 14.5. The largest absolute Gasteiger partial charge is 0.404 e. The molecule has 0 saturated heterocycles. The monoisotopic (exact) mass is 554 g/mol. The molecule has 2 heteroatoms. The molecular weight excluding hydrogens is 520 g/mol. The molecular formula is C41H34N2. The Kier molecular flexibility index (Phi) is 7.59. The second kappa shape index (κ2) is 11.8. The molecule has 0 aliphatic rings. The lowest BCUT2D eigenvalue weighted by Crippen LogP contribution is -1.94. The Morgan fingerprint density at radius 2 is 1.19 bits per heavy atom. The highest BCUT2D eigenvalue weighted by Crippen LogP contribution is 2.44. The maximum absolute atomic E-state index is 8.14. The summed E-state index contributed by atoms with van der Waals surface area (Å²) in [7, 11) is 0. The molecule has 43 heavy (non-hydrogen) atoms. The molecule has 6 aromatic carbocycles. The number of nitrogens with one attached hydrogen (secondary N) is 1. The quantitative estimate of drug-likeness (QED) is 0.115. The Bertz CT molecular complexity index is 2070. The van der Waals surface area contributed by atoms with Crippen LogP contribution in [0.2, 0.25) is 0 Å². The Hall–Kier alpha value is -5.47. The molecule has 0 spiro atoms. The lowest BCUT2D eigenvalue weighted by molar-refractivity contribution is 1.33. The van der Waals surface area contributed by atoms with Crippen LogP contribution in [0.5, 0.6) is 0 Å². The molecule has 6 aromatic rings. The minimum Gasteiger partial charge on any atom is -0.404 e. The van der Waals surface area contributed by atoms with Gasteiger partial charge in [0.25, 0.3) is 0 Å². The fourth-order valence-corrected chi connectivity index (χ4v) is 6.15. The Morgan fingerprint density at radius 3 is 1.72 bits per heavy atom. The number of benzene rings is 6. The van der Waals surface area contributed by atoms with E-state index >= 15 is 0 Å². The summed E-state index contributed by atoms with van der Waals surface area (Å²) in [6.07, 6.45) is 6.93. The topological polar surface area (TPSA) is 49.9 Å². The van der Waals surface area contributed by atoms with E-state index in [1.165, 1.54) is 55.2 Å². The summed E-state index contributed by atoms with van der Waals surface area (Å²) in [4.78, 5) is 0. The number of hydrogen-bond acceptors (Lipinski definition) is 2. The maximum atomic E-state index is 8.14. The van der Waals surface area contributed by atoms with Gasteiger partial charge in [-0.05, 0) is 115 Å². The summed E-state index contributed by atoms with van der Waals surface area (Å²) in [6, 6.07) is 41.3. The third-order valence-corrected chi connectivity index (χ3v) is 8.27. The van der Waals surface area contributed by atoms with E-state index in [1.54, 1.807) is 6.20 Å². The van der Waals surface area contributed by atoms with Crippen LogP contribution in [0.25, 0.3) is 60.1 Å². The lowest BCUT2D eigenvalue weighted by Gasteiger charge is -2.18. The highest BCUT2D eigenvalue weighted by molar-refractivity contribution is 6.21. The molecule has 0 aliphatic heterocycles. The van der Waals surface area contributed by atoms with Crippen molar-refractivity contribution in [3.63, 3.8) is 0 Å². The summed E-state index contributed by atoms with van der Waals surface area (Å²) < 4.78 is 0. The minimum absolute atomic E-state index is 0.794. The highest BCUT2D eigenvalue weighted by Gasteiger charge is 2.17.